The molecule has 0 aliphatic rings. The van der Waals surface area contributed by atoms with Crippen LogP contribution in [0.3, 0.4) is 0 Å². The maximum absolute atomic E-state index is 12.9. The molecule has 0 radical (unpaired) electrons. The normalized spacial score (nSPS) is 12.4. The number of hydrogen-bond acceptors (Lipinski definition) is 6. The van der Waals surface area contributed by atoms with Gasteiger partial charge in [0.25, 0.3) is 0 Å². The molecule has 0 fully saturated rings. The van der Waals surface area contributed by atoms with Crippen LogP contribution in [-0.2, 0) is 28.6 Å². The number of ether oxygens (including phenoxy) is 3. The van der Waals surface area contributed by atoms with Gasteiger partial charge in [0.05, 0.1) is 0 Å². The van der Waals surface area contributed by atoms with Crippen LogP contribution in [0.15, 0.2) is 60.8 Å². The number of esters is 3. The topological polar surface area (TPSA) is 78.9 Å². The first-order chi connectivity index (χ1) is 40.5. The van der Waals surface area contributed by atoms with E-state index in [2.05, 4.69) is 81.5 Å². The zero-order chi connectivity index (χ0) is 59.2. The highest BCUT2D eigenvalue weighted by molar-refractivity contribution is 5.71. The first-order valence-corrected chi connectivity index (χ1v) is 36.3. The minimum absolute atomic E-state index is 0.0746. The SMILES string of the molecule is CC/C=C\C/C=C\C/C=C\CCCCCCCC(=O)OCC(COC(=O)CCCCCCCCCCCCCCCCCCCCC/C=C\C/C=C\CCCCCCC)OC(=O)CCCCCCCCCCCCCCCCCCCC. The number of hydrogen-bond donors (Lipinski definition) is 0. The van der Waals surface area contributed by atoms with E-state index in [9.17, 15) is 14.4 Å². The van der Waals surface area contributed by atoms with Crippen molar-refractivity contribution < 1.29 is 28.6 Å². The first kappa shape index (κ1) is 79.1. The highest BCUT2D eigenvalue weighted by atomic mass is 16.6. The molecule has 0 rings (SSSR count). The second-order valence-corrected chi connectivity index (χ2v) is 24.5. The van der Waals surface area contributed by atoms with Crippen molar-refractivity contribution in [1.29, 1.82) is 0 Å². The van der Waals surface area contributed by atoms with E-state index in [1.807, 2.05) is 0 Å². The Labute approximate surface area is 510 Å². The van der Waals surface area contributed by atoms with Crippen LogP contribution in [0.5, 0.6) is 0 Å². The summed E-state index contributed by atoms with van der Waals surface area (Å²) in [6.07, 6.45) is 91.2. The first-order valence-electron chi connectivity index (χ1n) is 36.3. The van der Waals surface area contributed by atoms with Crippen LogP contribution >= 0.6 is 0 Å². The van der Waals surface area contributed by atoms with Crippen LogP contribution in [0, 0.1) is 0 Å². The molecular formula is C76H138O6. The summed E-state index contributed by atoms with van der Waals surface area (Å²) in [7, 11) is 0. The predicted octanol–water partition coefficient (Wildman–Crippen LogP) is 25.1. The highest BCUT2D eigenvalue weighted by Crippen LogP contribution is 2.18. The molecule has 0 saturated carbocycles. The molecule has 0 aromatic heterocycles. The minimum atomic E-state index is -0.780. The second-order valence-electron chi connectivity index (χ2n) is 24.5. The fraction of sp³-hybridized carbons (Fsp3) is 0.829. The van der Waals surface area contributed by atoms with E-state index in [4.69, 9.17) is 14.2 Å². The predicted molar refractivity (Wildman–Crippen MR) is 358 cm³/mol. The van der Waals surface area contributed by atoms with Crippen LogP contribution in [0.25, 0.3) is 0 Å². The maximum atomic E-state index is 12.9. The lowest BCUT2D eigenvalue weighted by Crippen LogP contribution is -2.30. The van der Waals surface area contributed by atoms with Gasteiger partial charge in [0.15, 0.2) is 6.10 Å². The molecule has 0 heterocycles. The van der Waals surface area contributed by atoms with Gasteiger partial charge in [-0.2, -0.15) is 0 Å². The fourth-order valence-electron chi connectivity index (χ4n) is 10.8. The van der Waals surface area contributed by atoms with Crippen molar-refractivity contribution in [3.05, 3.63) is 60.8 Å². The molecule has 1 atom stereocenters. The van der Waals surface area contributed by atoms with Gasteiger partial charge in [-0.1, -0.05) is 345 Å². The van der Waals surface area contributed by atoms with E-state index >= 15 is 0 Å². The Hall–Kier alpha value is -2.89. The Morgan fingerprint density at radius 2 is 0.476 bits per heavy atom. The van der Waals surface area contributed by atoms with Crippen LogP contribution in [0.1, 0.15) is 387 Å². The molecule has 0 N–H and O–H groups in total. The Morgan fingerprint density at radius 1 is 0.256 bits per heavy atom. The van der Waals surface area contributed by atoms with Gasteiger partial charge >= 0.3 is 17.9 Å². The molecule has 478 valence electrons. The van der Waals surface area contributed by atoms with Crippen LogP contribution in [0.2, 0.25) is 0 Å². The smallest absolute Gasteiger partial charge is 0.306 e. The number of rotatable bonds is 67. The fourth-order valence-corrected chi connectivity index (χ4v) is 10.8. The van der Waals surface area contributed by atoms with Gasteiger partial charge in [0, 0.05) is 19.3 Å². The third-order valence-corrected chi connectivity index (χ3v) is 16.3. The summed E-state index contributed by atoms with van der Waals surface area (Å²) in [6.45, 7) is 6.57. The molecule has 82 heavy (non-hydrogen) atoms. The van der Waals surface area contributed by atoms with Gasteiger partial charge in [-0.15, -0.1) is 0 Å². The van der Waals surface area contributed by atoms with E-state index in [1.165, 1.54) is 244 Å². The standard InChI is InChI=1S/C76H138O6/c1-4-7-10-13-16-19-22-25-28-30-32-33-34-35-36-37-38-39-40-41-42-43-44-46-48-51-54-57-60-63-66-69-75(78)81-72-73(71-80-74(77)68-65-62-59-56-53-50-47-27-24-21-18-15-12-9-6-3)82-76(79)70-67-64-61-58-55-52-49-45-31-29-26-23-20-17-14-11-8-5-2/h9,12,18,21-22,25,27,30,32,47,73H,4-8,10-11,13-17,19-20,23-24,26,28-29,31,33-46,48-72H2,1-3H3/b12-9-,21-18-,25-22-,32-30-,47-27-. The Bertz CT molecular complexity index is 1460. The Balaban J connectivity index is 4.19. The van der Waals surface area contributed by atoms with Crippen molar-refractivity contribution in [3.63, 3.8) is 0 Å². The molecule has 0 amide bonds. The summed E-state index contributed by atoms with van der Waals surface area (Å²) in [5, 5.41) is 0. The number of carbonyl (C=O) groups excluding carboxylic acids is 3. The molecule has 0 aromatic rings. The van der Waals surface area contributed by atoms with E-state index in [-0.39, 0.29) is 31.1 Å². The molecular weight excluding hydrogens is 1010 g/mol. The number of carbonyl (C=O) groups is 3. The van der Waals surface area contributed by atoms with Crippen molar-refractivity contribution in [2.75, 3.05) is 13.2 Å². The van der Waals surface area contributed by atoms with E-state index < -0.39 is 6.10 Å². The summed E-state index contributed by atoms with van der Waals surface area (Å²) < 4.78 is 17.0. The van der Waals surface area contributed by atoms with Crippen molar-refractivity contribution in [2.24, 2.45) is 0 Å². The van der Waals surface area contributed by atoms with Crippen LogP contribution < -0.4 is 0 Å². The number of unbranched alkanes of at least 4 members (excludes halogenated alkanes) is 46. The third-order valence-electron chi connectivity index (χ3n) is 16.3. The largest absolute Gasteiger partial charge is 0.462 e. The quantitative estimate of drug-likeness (QED) is 0.0261. The molecule has 1 unspecified atom stereocenters. The highest BCUT2D eigenvalue weighted by Gasteiger charge is 2.19. The summed E-state index contributed by atoms with van der Waals surface area (Å²) in [4.78, 5) is 38.4. The molecule has 0 aliphatic carbocycles. The van der Waals surface area contributed by atoms with Gasteiger partial charge < -0.3 is 14.2 Å². The van der Waals surface area contributed by atoms with Gasteiger partial charge in [0.2, 0.25) is 0 Å². The lowest BCUT2D eigenvalue weighted by molar-refractivity contribution is -0.167. The Morgan fingerprint density at radius 3 is 0.744 bits per heavy atom. The summed E-state index contributed by atoms with van der Waals surface area (Å²) in [5.74, 6) is -0.866. The van der Waals surface area contributed by atoms with E-state index in [0.29, 0.717) is 19.3 Å². The third kappa shape index (κ3) is 67.9. The lowest BCUT2D eigenvalue weighted by atomic mass is 10.0. The van der Waals surface area contributed by atoms with Gasteiger partial charge in [-0.25, -0.2) is 0 Å². The average Bonchev–Trinajstić information content (AvgIpc) is 3.47. The van der Waals surface area contributed by atoms with Gasteiger partial charge in [-0.05, 0) is 83.5 Å². The van der Waals surface area contributed by atoms with E-state index in [1.54, 1.807) is 0 Å². The van der Waals surface area contributed by atoms with Crippen molar-refractivity contribution in [1.82, 2.24) is 0 Å². The average molecular weight is 1150 g/mol. The zero-order valence-electron chi connectivity index (χ0n) is 55.0. The molecule has 0 saturated heterocycles. The lowest BCUT2D eigenvalue weighted by Gasteiger charge is -2.18. The monoisotopic (exact) mass is 1150 g/mol. The van der Waals surface area contributed by atoms with Gasteiger partial charge in [-0.3, -0.25) is 14.4 Å². The molecule has 0 aromatic carbocycles. The Kier molecular flexibility index (Phi) is 68.1. The van der Waals surface area contributed by atoms with Crippen molar-refractivity contribution in [3.8, 4) is 0 Å². The zero-order valence-corrected chi connectivity index (χ0v) is 55.0. The van der Waals surface area contributed by atoms with E-state index in [0.717, 1.165) is 103 Å². The maximum Gasteiger partial charge on any atom is 0.306 e. The number of allylic oxidation sites excluding steroid dienone is 10. The minimum Gasteiger partial charge on any atom is -0.462 e. The van der Waals surface area contributed by atoms with Crippen LogP contribution in [0.4, 0.5) is 0 Å². The van der Waals surface area contributed by atoms with Crippen molar-refractivity contribution in [2.45, 2.75) is 393 Å². The summed E-state index contributed by atoms with van der Waals surface area (Å²) in [5.41, 5.74) is 0. The summed E-state index contributed by atoms with van der Waals surface area (Å²) >= 11 is 0. The second kappa shape index (κ2) is 70.6. The molecule has 0 spiro atoms. The summed E-state index contributed by atoms with van der Waals surface area (Å²) in [6, 6.07) is 0. The molecule has 0 bridgehead atoms. The van der Waals surface area contributed by atoms with Crippen molar-refractivity contribution >= 4 is 17.9 Å². The molecule has 6 nitrogen and oxygen atoms in total. The molecule has 0 aliphatic heterocycles. The van der Waals surface area contributed by atoms with Crippen LogP contribution in [-0.4, -0.2) is 37.2 Å². The van der Waals surface area contributed by atoms with Gasteiger partial charge in [0.1, 0.15) is 13.2 Å². The molecule has 6 heteroatoms.